The molecule has 3 aliphatic rings. The van der Waals surface area contributed by atoms with Gasteiger partial charge in [-0.3, -0.25) is 14.6 Å². The van der Waals surface area contributed by atoms with Crippen LogP contribution in [0, 0.1) is 23.7 Å². The highest BCUT2D eigenvalue weighted by atomic mass is 16.5. The second kappa shape index (κ2) is 7.06. The second-order valence-electron chi connectivity index (χ2n) is 7.98. The third-order valence-corrected chi connectivity index (χ3v) is 6.42. The van der Waals surface area contributed by atoms with E-state index in [1.165, 1.54) is 0 Å². The molecular formula is C20H21N5O4. The SMILES string of the molecule is O=C(O)[C@H]1C2C=CC(C2)[C@H]1C(=O)N1CCC(c2nc(-c3cnccn3)no2)CC1. The lowest BCUT2D eigenvalue weighted by atomic mass is 9.81. The first kappa shape index (κ1) is 18.0. The van der Waals surface area contributed by atoms with E-state index in [1.807, 2.05) is 17.1 Å². The van der Waals surface area contributed by atoms with Gasteiger partial charge in [-0.15, -0.1) is 0 Å². The molecular weight excluding hydrogens is 374 g/mol. The Morgan fingerprint density at radius 3 is 2.55 bits per heavy atom. The minimum absolute atomic E-state index is 0.0121. The van der Waals surface area contributed by atoms with Crippen LogP contribution in [0.1, 0.15) is 31.1 Å². The fourth-order valence-corrected chi connectivity index (χ4v) is 4.97. The van der Waals surface area contributed by atoms with E-state index in [4.69, 9.17) is 4.52 Å². The van der Waals surface area contributed by atoms with Crippen molar-refractivity contribution in [3.8, 4) is 11.5 Å². The van der Waals surface area contributed by atoms with Crippen LogP contribution in [0.2, 0.25) is 0 Å². The number of likely N-dealkylation sites (tertiary alicyclic amines) is 1. The van der Waals surface area contributed by atoms with Crippen LogP contribution in [0.5, 0.6) is 0 Å². The van der Waals surface area contributed by atoms with Crippen molar-refractivity contribution in [2.45, 2.75) is 25.2 Å². The number of hydrogen-bond donors (Lipinski definition) is 1. The third kappa shape index (κ3) is 3.10. The molecule has 29 heavy (non-hydrogen) atoms. The van der Waals surface area contributed by atoms with Gasteiger partial charge in [0.1, 0.15) is 5.69 Å². The lowest BCUT2D eigenvalue weighted by Crippen LogP contribution is -2.45. The summed E-state index contributed by atoms with van der Waals surface area (Å²) in [7, 11) is 0. The Hall–Kier alpha value is -3.10. The fourth-order valence-electron chi connectivity index (χ4n) is 4.97. The van der Waals surface area contributed by atoms with Gasteiger partial charge in [-0.05, 0) is 31.1 Å². The zero-order chi connectivity index (χ0) is 20.0. The zero-order valence-corrected chi connectivity index (χ0v) is 15.7. The van der Waals surface area contributed by atoms with Crippen molar-refractivity contribution in [3.05, 3.63) is 36.6 Å². The Morgan fingerprint density at radius 1 is 1.10 bits per heavy atom. The Morgan fingerprint density at radius 2 is 1.86 bits per heavy atom. The van der Waals surface area contributed by atoms with Gasteiger partial charge < -0.3 is 14.5 Å². The molecule has 0 spiro atoms. The van der Waals surface area contributed by atoms with E-state index in [9.17, 15) is 14.7 Å². The van der Waals surface area contributed by atoms with Crippen molar-refractivity contribution in [2.75, 3.05) is 13.1 Å². The van der Waals surface area contributed by atoms with Crippen LogP contribution in [0.3, 0.4) is 0 Å². The van der Waals surface area contributed by atoms with E-state index in [0.29, 0.717) is 43.3 Å². The molecule has 0 radical (unpaired) electrons. The number of amides is 1. The van der Waals surface area contributed by atoms with E-state index >= 15 is 0 Å². The number of nitrogens with zero attached hydrogens (tertiary/aromatic N) is 5. The number of rotatable bonds is 4. The van der Waals surface area contributed by atoms with Gasteiger partial charge in [0.2, 0.25) is 17.6 Å². The Kier molecular flexibility index (Phi) is 4.37. The van der Waals surface area contributed by atoms with Crippen molar-refractivity contribution < 1.29 is 19.2 Å². The number of carbonyl (C=O) groups is 2. The van der Waals surface area contributed by atoms with Gasteiger partial charge in [-0.25, -0.2) is 4.98 Å². The fraction of sp³-hybridized carbons (Fsp3) is 0.500. The molecule has 2 aliphatic carbocycles. The molecule has 1 saturated carbocycles. The largest absolute Gasteiger partial charge is 0.481 e. The lowest BCUT2D eigenvalue weighted by Gasteiger charge is -2.35. The predicted molar refractivity (Wildman–Crippen MR) is 99.2 cm³/mol. The molecule has 1 saturated heterocycles. The number of carboxylic acids is 1. The summed E-state index contributed by atoms with van der Waals surface area (Å²) in [6, 6.07) is 0. The summed E-state index contributed by atoms with van der Waals surface area (Å²) in [4.78, 5) is 39.2. The highest BCUT2D eigenvalue weighted by Crippen LogP contribution is 2.49. The number of carbonyl (C=O) groups excluding carboxylic acids is 1. The van der Waals surface area contributed by atoms with Crippen LogP contribution in [0.15, 0.2) is 35.3 Å². The maximum atomic E-state index is 13.1. The van der Waals surface area contributed by atoms with E-state index in [1.54, 1.807) is 18.6 Å². The average molecular weight is 395 g/mol. The summed E-state index contributed by atoms with van der Waals surface area (Å²) >= 11 is 0. The smallest absolute Gasteiger partial charge is 0.307 e. The standard InChI is InChI=1S/C20H21N5O4/c26-19(15-12-1-2-13(9-12)16(15)20(27)28)25-7-3-11(4-8-25)18-23-17(24-29-18)14-10-21-5-6-22-14/h1-2,5-6,10-13,15-16H,3-4,7-9H2,(H,27,28)/t12?,13?,15-,16+/m1/s1. The monoisotopic (exact) mass is 395 g/mol. The number of piperidine rings is 1. The number of hydrogen-bond acceptors (Lipinski definition) is 7. The predicted octanol–water partition coefficient (Wildman–Crippen LogP) is 1.76. The molecule has 2 fully saturated rings. The normalized spacial score (nSPS) is 28.8. The molecule has 4 atom stereocenters. The molecule has 9 nitrogen and oxygen atoms in total. The number of carboxylic acid groups (broad SMARTS) is 1. The maximum Gasteiger partial charge on any atom is 0.307 e. The molecule has 1 N–H and O–H groups in total. The first-order valence-corrected chi connectivity index (χ1v) is 9.91. The van der Waals surface area contributed by atoms with Crippen LogP contribution in [0.25, 0.3) is 11.5 Å². The summed E-state index contributed by atoms with van der Waals surface area (Å²) in [5.41, 5.74) is 0.555. The summed E-state index contributed by atoms with van der Waals surface area (Å²) in [6.45, 7) is 1.13. The van der Waals surface area contributed by atoms with Gasteiger partial charge >= 0.3 is 5.97 Å². The van der Waals surface area contributed by atoms with Crippen LogP contribution in [-0.2, 0) is 9.59 Å². The first-order valence-electron chi connectivity index (χ1n) is 9.91. The minimum Gasteiger partial charge on any atom is -0.481 e. The Bertz CT molecular complexity index is 951. The van der Waals surface area contributed by atoms with Crippen molar-refractivity contribution in [1.82, 2.24) is 25.0 Å². The van der Waals surface area contributed by atoms with E-state index in [2.05, 4.69) is 20.1 Å². The lowest BCUT2D eigenvalue weighted by molar-refractivity contribution is -0.151. The van der Waals surface area contributed by atoms with Crippen molar-refractivity contribution in [1.29, 1.82) is 0 Å². The Balaban J connectivity index is 1.24. The number of aliphatic carboxylic acids is 1. The van der Waals surface area contributed by atoms with Crippen LogP contribution >= 0.6 is 0 Å². The zero-order valence-electron chi connectivity index (χ0n) is 15.7. The quantitative estimate of drug-likeness (QED) is 0.777. The molecule has 2 aromatic rings. The van der Waals surface area contributed by atoms with Crippen LogP contribution < -0.4 is 0 Å². The highest BCUT2D eigenvalue weighted by Gasteiger charge is 2.52. The minimum atomic E-state index is -0.863. The third-order valence-electron chi connectivity index (χ3n) is 6.42. The molecule has 0 aromatic carbocycles. The molecule has 2 unspecified atom stereocenters. The summed E-state index contributed by atoms with van der Waals surface area (Å²) in [5.74, 6) is -0.859. The molecule has 1 amide bonds. The molecule has 2 bridgehead atoms. The van der Waals surface area contributed by atoms with Crippen molar-refractivity contribution >= 4 is 11.9 Å². The van der Waals surface area contributed by atoms with E-state index in [0.717, 1.165) is 6.42 Å². The molecule has 5 rings (SSSR count). The number of aromatic nitrogens is 4. The van der Waals surface area contributed by atoms with Gasteiger partial charge in [0.25, 0.3) is 0 Å². The Labute approximate surface area is 166 Å². The number of fused-ring (bicyclic) bond motifs is 2. The van der Waals surface area contributed by atoms with Crippen molar-refractivity contribution in [2.24, 2.45) is 23.7 Å². The van der Waals surface area contributed by atoms with Gasteiger partial charge in [-0.1, -0.05) is 17.3 Å². The summed E-state index contributed by atoms with van der Waals surface area (Å²) < 4.78 is 5.42. The molecule has 150 valence electrons. The average Bonchev–Trinajstić information content (AvgIpc) is 3.49. The molecule has 9 heteroatoms. The second-order valence-corrected chi connectivity index (χ2v) is 7.98. The molecule has 2 aromatic heterocycles. The first-order chi connectivity index (χ1) is 14.1. The maximum absolute atomic E-state index is 13.1. The van der Waals surface area contributed by atoms with Crippen molar-refractivity contribution in [3.63, 3.8) is 0 Å². The van der Waals surface area contributed by atoms with E-state index < -0.39 is 17.8 Å². The summed E-state index contributed by atoms with van der Waals surface area (Å²) in [6.07, 6.45) is 10.9. The number of allylic oxidation sites excluding steroid dienone is 2. The van der Waals surface area contributed by atoms with Gasteiger partial charge in [0.05, 0.1) is 18.0 Å². The molecule has 3 heterocycles. The topological polar surface area (TPSA) is 122 Å². The summed E-state index contributed by atoms with van der Waals surface area (Å²) in [5, 5.41) is 13.6. The van der Waals surface area contributed by atoms with Gasteiger partial charge in [-0.2, -0.15) is 4.98 Å². The van der Waals surface area contributed by atoms with Gasteiger partial charge in [0.15, 0.2) is 0 Å². The van der Waals surface area contributed by atoms with E-state index in [-0.39, 0.29) is 23.7 Å². The van der Waals surface area contributed by atoms with Crippen LogP contribution in [0.4, 0.5) is 0 Å². The highest BCUT2D eigenvalue weighted by molar-refractivity contribution is 5.87. The molecule has 1 aliphatic heterocycles. The van der Waals surface area contributed by atoms with Crippen LogP contribution in [-0.4, -0.2) is 55.1 Å². The van der Waals surface area contributed by atoms with Gasteiger partial charge in [0, 0.05) is 31.4 Å².